The van der Waals surface area contributed by atoms with Crippen molar-refractivity contribution < 1.29 is 14.4 Å². The number of carbonyl (C=O) groups excluding carboxylic acids is 3. The Morgan fingerprint density at radius 2 is 1.91 bits per heavy atom. The summed E-state index contributed by atoms with van der Waals surface area (Å²) >= 11 is 0. The maximum atomic E-state index is 13.4. The molecule has 0 spiro atoms. The second kappa shape index (κ2) is 13.8. The molecular weight excluding hydrogens is 548 g/mol. The number of carbonyl (C=O) groups is 3. The molecule has 0 radical (unpaired) electrons. The molecule has 1 unspecified atom stereocenters. The first-order chi connectivity index (χ1) is 20.5. The summed E-state index contributed by atoms with van der Waals surface area (Å²) in [5.41, 5.74) is 2.58. The van der Waals surface area contributed by atoms with Crippen LogP contribution in [0.3, 0.4) is 0 Å². The predicted octanol–water partition coefficient (Wildman–Crippen LogP) is 2.87. The van der Waals surface area contributed by atoms with Gasteiger partial charge in [0.25, 0.3) is 11.5 Å². The van der Waals surface area contributed by atoms with Crippen LogP contribution in [0.15, 0.2) is 65.9 Å². The fourth-order valence-electron chi connectivity index (χ4n) is 4.63. The molecule has 3 amide bonds. The molecule has 0 aliphatic heterocycles. The highest BCUT2D eigenvalue weighted by molar-refractivity contribution is 5.99. The molecule has 0 aliphatic carbocycles. The molecule has 1 atom stereocenters. The van der Waals surface area contributed by atoms with Gasteiger partial charge >= 0.3 is 0 Å². The van der Waals surface area contributed by atoms with E-state index in [4.69, 9.17) is 4.98 Å². The maximum Gasteiger partial charge on any atom is 0.287 e. The number of benzene rings is 1. The number of para-hydroxylation sites is 1. The molecule has 0 saturated heterocycles. The molecule has 3 heterocycles. The fourth-order valence-corrected chi connectivity index (χ4v) is 4.63. The number of imidazole rings is 2. The zero-order valence-corrected chi connectivity index (χ0v) is 25.1. The smallest absolute Gasteiger partial charge is 0.287 e. The SMILES string of the molecule is CC(C)Cc1cccc2[nH]c(Cn3cccc(NC(=O)C(CC/C=C/C(=O)N(C)C)NC(=O)c4nccn4C)c3=O)nc12. The first-order valence-corrected chi connectivity index (χ1v) is 14.2. The summed E-state index contributed by atoms with van der Waals surface area (Å²) in [6.45, 7) is 4.49. The maximum absolute atomic E-state index is 13.4. The molecule has 12 heteroatoms. The summed E-state index contributed by atoms with van der Waals surface area (Å²) in [6, 6.07) is 8.20. The number of allylic oxidation sites excluding steroid dienone is 1. The lowest BCUT2D eigenvalue weighted by Gasteiger charge is -2.18. The summed E-state index contributed by atoms with van der Waals surface area (Å²) in [7, 11) is 4.95. The highest BCUT2D eigenvalue weighted by atomic mass is 16.2. The number of nitrogens with one attached hydrogen (secondary N) is 3. The monoisotopic (exact) mass is 586 g/mol. The minimum absolute atomic E-state index is 0.0682. The van der Waals surface area contributed by atoms with Gasteiger partial charge < -0.3 is 29.7 Å². The Kier molecular flexibility index (Phi) is 9.91. The Balaban J connectivity index is 1.52. The number of rotatable bonds is 12. The van der Waals surface area contributed by atoms with Gasteiger partial charge in [0.15, 0.2) is 5.82 Å². The van der Waals surface area contributed by atoms with Gasteiger partial charge in [0.2, 0.25) is 11.8 Å². The zero-order valence-electron chi connectivity index (χ0n) is 25.1. The number of likely N-dealkylation sites (N-methyl/N-ethyl adjacent to an activating group) is 1. The molecule has 0 aliphatic rings. The van der Waals surface area contributed by atoms with Gasteiger partial charge in [-0.05, 0) is 55.0 Å². The van der Waals surface area contributed by atoms with Crippen LogP contribution in [0, 0.1) is 5.92 Å². The molecule has 4 aromatic rings. The van der Waals surface area contributed by atoms with Crippen LogP contribution in [0.4, 0.5) is 5.69 Å². The Labute approximate surface area is 249 Å². The van der Waals surface area contributed by atoms with E-state index in [0.29, 0.717) is 18.2 Å². The third-order valence-corrected chi connectivity index (χ3v) is 6.84. The van der Waals surface area contributed by atoms with Crippen LogP contribution in [-0.4, -0.2) is 66.8 Å². The number of fused-ring (bicyclic) bond motifs is 1. The Hall–Kier alpha value is -5.00. The Morgan fingerprint density at radius 3 is 2.60 bits per heavy atom. The van der Waals surface area contributed by atoms with E-state index in [1.54, 1.807) is 50.2 Å². The van der Waals surface area contributed by atoms with E-state index in [1.165, 1.54) is 27.8 Å². The normalized spacial score (nSPS) is 12.1. The number of aromatic nitrogens is 5. The molecule has 226 valence electrons. The molecule has 4 rings (SSSR count). The number of H-pyrrole nitrogens is 1. The summed E-state index contributed by atoms with van der Waals surface area (Å²) < 4.78 is 3.01. The lowest BCUT2D eigenvalue weighted by molar-refractivity contribution is -0.123. The highest BCUT2D eigenvalue weighted by Gasteiger charge is 2.24. The van der Waals surface area contributed by atoms with Crippen LogP contribution in [0.1, 0.15) is 48.7 Å². The first kappa shape index (κ1) is 30.9. The van der Waals surface area contributed by atoms with Crippen LogP contribution < -0.4 is 16.2 Å². The summed E-state index contributed by atoms with van der Waals surface area (Å²) in [5, 5.41) is 5.39. The molecule has 0 saturated carbocycles. The number of aromatic amines is 1. The minimum atomic E-state index is -0.994. The molecule has 3 N–H and O–H groups in total. The number of hydrogen-bond acceptors (Lipinski definition) is 6. The minimum Gasteiger partial charge on any atom is -0.345 e. The molecule has 1 aromatic carbocycles. The van der Waals surface area contributed by atoms with Crippen molar-refractivity contribution in [2.45, 2.75) is 45.7 Å². The number of anilines is 1. The van der Waals surface area contributed by atoms with Crippen molar-refractivity contribution >= 4 is 34.4 Å². The van der Waals surface area contributed by atoms with Crippen molar-refractivity contribution in [2.75, 3.05) is 19.4 Å². The van der Waals surface area contributed by atoms with E-state index < -0.39 is 23.4 Å². The number of amides is 3. The first-order valence-electron chi connectivity index (χ1n) is 14.2. The fraction of sp³-hybridized carbons (Fsp3) is 0.355. The third kappa shape index (κ3) is 7.85. The second-order valence-corrected chi connectivity index (χ2v) is 11.0. The molecule has 12 nitrogen and oxygen atoms in total. The predicted molar refractivity (Wildman–Crippen MR) is 165 cm³/mol. The summed E-state index contributed by atoms with van der Waals surface area (Å²) in [4.78, 5) is 65.0. The van der Waals surface area contributed by atoms with E-state index in [1.807, 2.05) is 12.1 Å². The second-order valence-electron chi connectivity index (χ2n) is 11.0. The van der Waals surface area contributed by atoms with Gasteiger partial charge in [0, 0.05) is 39.7 Å². The average molecular weight is 587 g/mol. The van der Waals surface area contributed by atoms with Gasteiger partial charge in [0.1, 0.15) is 17.6 Å². The van der Waals surface area contributed by atoms with E-state index in [-0.39, 0.29) is 30.4 Å². The van der Waals surface area contributed by atoms with Crippen LogP contribution in [-0.2, 0) is 29.6 Å². The lowest BCUT2D eigenvalue weighted by atomic mass is 10.0. The standard InChI is InChI=1S/C31H38N8O4/c1-20(2)18-21-10-8-12-22-27(21)36-25(33-22)19-39-16-9-13-24(31(39)43)35-29(41)23(11-6-7-14-26(40)37(3)4)34-30(42)28-32-15-17-38(28)5/h7-10,12-17,20,23H,6,11,18-19H2,1-5H3,(H,33,36)(H,34,42)(H,35,41)/b14-7+. The number of hydrogen-bond donors (Lipinski definition) is 3. The molecule has 43 heavy (non-hydrogen) atoms. The quantitative estimate of drug-likeness (QED) is 0.218. The van der Waals surface area contributed by atoms with Crippen molar-refractivity contribution in [3.8, 4) is 0 Å². The van der Waals surface area contributed by atoms with Crippen LogP contribution >= 0.6 is 0 Å². The van der Waals surface area contributed by atoms with Crippen molar-refractivity contribution in [1.82, 2.24) is 34.3 Å². The number of pyridine rings is 1. The largest absolute Gasteiger partial charge is 0.345 e. The van der Waals surface area contributed by atoms with E-state index >= 15 is 0 Å². The highest BCUT2D eigenvalue weighted by Crippen LogP contribution is 2.20. The number of aryl methyl sites for hydroxylation is 1. The summed E-state index contributed by atoms with van der Waals surface area (Å²) in [6.07, 6.45) is 9.22. The van der Waals surface area contributed by atoms with Crippen molar-refractivity contribution in [1.29, 1.82) is 0 Å². The van der Waals surface area contributed by atoms with E-state index in [2.05, 4.69) is 40.5 Å². The Bertz CT molecular complexity index is 1700. The van der Waals surface area contributed by atoms with E-state index in [9.17, 15) is 19.2 Å². The van der Waals surface area contributed by atoms with Crippen molar-refractivity contribution in [3.63, 3.8) is 0 Å². The van der Waals surface area contributed by atoms with Gasteiger partial charge in [-0.2, -0.15) is 0 Å². The lowest BCUT2D eigenvalue weighted by Crippen LogP contribution is -2.45. The molecule has 0 bridgehead atoms. The van der Waals surface area contributed by atoms with Gasteiger partial charge in [-0.3, -0.25) is 19.2 Å². The zero-order chi connectivity index (χ0) is 31.1. The van der Waals surface area contributed by atoms with Crippen molar-refractivity contribution in [2.24, 2.45) is 13.0 Å². The third-order valence-electron chi connectivity index (χ3n) is 6.84. The Morgan fingerprint density at radius 1 is 1.12 bits per heavy atom. The summed E-state index contributed by atoms with van der Waals surface area (Å²) in [5.74, 6) is -0.0531. The topological polar surface area (TPSA) is 147 Å². The van der Waals surface area contributed by atoms with Crippen LogP contribution in [0.2, 0.25) is 0 Å². The van der Waals surface area contributed by atoms with Gasteiger partial charge in [0.05, 0.1) is 17.6 Å². The van der Waals surface area contributed by atoms with E-state index in [0.717, 1.165) is 23.0 Å². The van der Waals surface area contributed by atoms with Gasteiger partial charge in [-0.15, -0.1) is 0 Å². The number of nitrogens with zero attached hydrogens (tertiary/aromatic N) is 5. The van der Waals surface area contributed by atoms with Crippen molar-refractivity contribution in [3.05, 3.63) is 88.6 Å². The molecule has 0 fully saturated rings. The average Bonchev–Trinajstić information content (AvgIpc) is 3.58. The van der Waals surface area contributed by atoms with Crippen LogP contribution in [0.25, 0.3) is 11.0 Å². The molecular formula is C31H38N8O4. The van der Waals surface area contributed by atoms with Gasteiger partial charge in [-0.1, -0.05) is 32.1 Å². The van der Waals surface area contributed by atoms with Crippen LogP contribution in [0.5, 0.6) is 0 Å². The molecule has 3 aromatic heterocycles. The van der Waals surface area contributed by atoms with Gasteiger partial charge in [-0.25, -0.2) is 9.97 Å².